The van der Waals surface area contributed by atoms with E-state index in [2.05, 4.69) is 0 Å². The minimum atomic E-state index is -4.62. The van der Waals surface area contributed by atoms with E-state index in [1.807, 2.05) is 0 Å². The Morgan fingerprint density at radius 2 is 1.74 bits per heavy atom. The molecule has 0 bridgehead atoms. The van der Waals surface area contributed by atoms with Crippen LogP contribution in [0, 0.1) is 11.8 Å². The summed E-state index contributed by atoms with van der Waals surface area (Å²) in [6, 6.07) is 8.56. The Balaban J connectivity index is 2.23. The topological polar surface area (TPSA) is 104 Å². The monoisotopic (exact) mass is 493 g/mol. The quantitative estimate of drug-likeness (QED) is 0.570. The van der Waals surface area contributed by atoms with E-state index in [1.165, 1.54) is 13.2 Å². The second kappa shape index (κ2) is 9.59. The van der Waals surface area contributed by atoms with Crippen LogP contribution in [0.25, 0.3) is 0 Å². The van der Waals surface area contributed by atoms with Gasteiger partial charge in [-0.3, -0.25) is 9.59 Å². The number of carbonyl (C=O) groups is 3. The summed E-state index contributed by atoms with van der Waals surface area (Å²) in [6.07, 6.45) is -5.02. The highest BCUT2D eigenvalue weighted by atomic mass is 19.4. The highest BCUT2D eigenvalue weighted by molar-refractivity contribution is 5.99. The molecule has 2 N–H and O–H groups in total. The van der Waals surface area contributed by atoms with Gasteiger partial charge in [0.1, 0.15) is 11.3 Å². The van der Waals surface area contributed by atoms with Crippen LogP contribution in [-0.4, -0.2) is 45.6 Å². The lowest BCUT2D eigenvalue weighted by Crippen LogP contribution is -2.54. The van der Waals surface area contributed by atoms with Crippen molar-refractivity contribution in [3.63, 3.8) is 0 Å². The Morgan fingerprint density at radius 1 is 1.11 bits per heavy atom. The number of carboxylic acids is 2. The normalized spacial score (nSPS) is 22.3. The van der Waals surface area contributed by atoms with Crippen molar-refractivity contribution in [2.75, 3.05) is 7.11 Å². The first-order valence-electron chi connectivity index (χ1n) is 10.9. The lowest BCUT2D eigenvalue weighted by Gasteiger charge is -2.39. The number of likely N-dealkylation sites (tertiary alicyclic amines) is 1. The van der Waals surface area contributed by atoms with Crippen LogP contribution >= 0.6 is 0 Å². The molecule has 0 aromatic heterocycles. The van der Waals surface area contributed by atoms with E-state index in [-0.39, 0.29) is 24.3 Å². The summed E-state index contributed by atoms with van der Waals surface area (Å²) in [5.41, 5.74) is -2.67. The van der Waals surface area contributed by atoms with Gasteiger partial charge in [-0.2, -0.15) is 13.2 Å². The third kappa shape index (κ3) is 4.96. The Morgan fingerprint density at radius 3 is 2.23 bits per heavy atom. The molecule has 0 radical (unpaired) electrons. The van der Waals surface area contributed by atoms with Crippen LogP contribution in [0.4, 0.5) is 13.2 Å². The van der Waals surface area contributed by atoms with Gasteiger partial charge < -0.3 is 19.8 Å². The molecular weight excluding hydrogens is 467 g/mol. The predicted molar refractivity (Wildman–Crippen MR) is 119 cm³/mol. The second-order valence-electron chi connectivity index (χ2n) is 9.06. The maximum atomic E-state index is 13.8. The highest BCUT2D eigenvalue weighted by Gasteiger charge is 2.60. The molecule has 1 saturated heterocycles. The van der Waals surface area contributed by atoms with Crippen LogP contribution in [0.3, 0.4) is 0 Å². The van der Waals surface area contributed by atoms with Gasteiger partial charge in [0.25, 0.3) is 5.91 Å². The number of aliphatic carboxylic acids is 2. The number of halogens is 3. The van der Waals surface area contributed by atoms with Crippen molar-refractivity contribution in [1.82, 2.24) is 4.90 Å². The van der Waals surface area contributed by atoms with Gasteiger partial charge in [-0.1, -0.05) is 26.0 Å². The fraction of sp³-hybridized carbons (Fsp3) is 0.400. The molecule has 1 heterocycles. The van der Waals surface area contributed by atoms with E-state index < -0.39 is 47.1 Å². The number of carbonyl (C=O) groups excluding carboxylic acids is 1. The summed E-state index contributed by atoms with van der Waals surface area (Å²) in [5.74, 6) is -4.63. The Labute approximate surface area is 200 Å². The molecule has 3 unspecified atom stereocenters. The van der Waals surface area contributed by atoms with Crippen LogP contribution in [-0.2, 0) is 15.8 Å². The molecule has 0 spiro atoms. The molecule has 0 aliphatic carbocycles. The average Bonchev–Trinajstić information content (AvgIpc) is 3.14. The van der Waals surface area contributed by atoms with Crippen molar-refractivity contribution in [2.45, 2.75) is 44.4 Å². The molecule has 7 nitrogen and oxygen atoms in total. The first-order valence-corrected chi connectivity index (χ1v) is 10.9. The molecule has 1 aliphatic heterocycles. The first kappa shape index (κ1) is 26.1. The van der Waals surface area contributed by atoms with Gasteiger partial charge in [0.05, 0.1) is 24.6 Å². The molecule has 0 saturated carbocycles. The van der Waals surface area contributed by atoms with Crippen LogP contribution in [0.1, 0.15) is 54.2 Å². The molecule has 3 atom stereocenters. The van der Waals surface area contributed by atoms with Crippen LogP contribution in [0.2, 0.25) is 0 Å². The maximum Gasteiger partial charge on any atom is 0.416 e. The predicted octanol–water partition coefficient (Wildman–Crippen LogP) is 4.87. The van der Waals surface area contributed by atoms with Crippen LogP contribution < -0.4 is 4.74 Å². The van der Waals surface area contributed by atoms with Gasteiger partial charge in [-0.25, -0.2) is 4.79 Å². The Bertz CT molecular complexity index is 1110. The van der Waals surface area contributed by atoms with E-state index >= 15 is 0 Å². The summed E-state index contributed by atoms with van der Waals surface area (Å²) in [6.45, 7) is 3.50. The van der Waals surface area contributed by atoms with Gasteiger partial charge in [0.2, 0.25) is 0 Å². The average molecular weight is 493 g/mol. The van der Waals surface area contributed by atoms with Gasteiger partial charge in [0, 0.05) is 5.56 Å². The number of methoxy groups -OCH3 is 1. The number of hydrogen-bond donors (Lipinski definition) is 2. The van der Waals surface area contributed by atoms with E-state index in [0.29, 0.717) is 11.3 Å². The Kier molecular flexibility index (Phi) is 7.14. The minimum Gasteiger partial charge on any atom is -0.497 e. The molecule has 3 rings (SSSR count). The van der Waals surface area contributed by atoms with Gasteiger partial charge in [-0.15, -0.1) is 0 Å². The maximum absolute atomic E-state index is 13.8. The number of ether oxygens (including phenoxy) is 1. The molecule has 2 aromatic carbocycles. The molecule has 2 aromatic rings. The number of carboxylic acid groups (broad SMARTS) is 2. The van der Waals surface area contributed by atoms with Gasteiger partial charge >= 0.3 is 18.1 Å². The molecule has 10 heteroatoms. The summed E-state index contributed by atoms with van der Waals surface area (Å²) in [5, 5.41) is 20.4. The lowest BCUT2D eigenvalue weighted by atomic mass is 9.83. The number of hydrogen-bond acceptors (Lipinski definition) is 4. The molecular formula is C25H26F3NO6. The summed E-state index contributed by atoms with van der Waals surface area (Å²) < 4.78 is 44.3. The lowest BCUT2D eigenvalue weighted by molar-refractivity contribution is -0.150. The fourth-order valence-corrected chi connectivity index (χ4v) is 4.85. The van der Waals surface area contributed by atoms with Gasteiger partial charge in [0.15, 0.2) is 0 Å². The van der Waals surface area contributed by atoms with Crippen LogP contribution in [0.5, 0.6) is 5.75 Å². The zero-order valence-electron chi connectivity index (χ0n) is 19.4. The largest absolute Gasteiger partial charge is 0.497 e. The van der Waals surface area contributed by atoms with Crippen molar-refractivity contribution in [3.05, 3.63) is 65.2 Å². The van der Waals surface area contributed by atoms with Crippen molar-refractivity contribution in [1.29, 1.82) is 0 Å². The molecule has 188 valence electrons. The van der Waals surface area contributed by atoms with Crippen molar-refractivity contribution in [3.8, 4) is 5.75 Å². The Hall–Kier alpha value is -3.56. The highest BCUT2D eigenvalue weighted by Crippen LogP contribution is 2.51. The van der Waals surface area contributed by atoms with Crippen molar-refractivity contribution in [2.24, 2.45) is 11.8 Å². The smallest absolute Gasteiger partial charge is 0.416 e. The number of amides is 1. The third-order valence-corrected chi connectivity index (χ3v) is 6.25. The van der Waals surface area contributed by atoms with E-state index in [4.69, 9.17) is 4.74 Å². The van der Waals surface area contributed by atoms with Crippen molar-refractivity contribution < 1.29 is 42.5 Å². The third-order valence-electron chi connectivity index (χ3n) is 6.25. The molecule has 1 amide bonds. The van der Waals surface area contributed by atoms with Gasteiger partial charge in [-0.05, 0) is 60.7 Å². The van der Waals surface area contributed by atoms with E-state index in [1.54, 1.807) is 32.0 Å². The standard InChI is InChI=1S/C25H26F3NO6/c1-14(2)12-24(23(33)34)13-19(22(31)32)20(16-5-4-6-18(11-16)35-3)29(24)21(30)15-7-9-17(10-8-15)25(26,27)28/h4-11,14,19-20H,12-13H2,1-3H3,(H,31,32)(H,33,34). The number of alkyl halides is 3. The molecule has 1 fully saturated rings. The summed E-state index contributed by atoms with van der Waals surface area (Å²) >= 11 is 0. The van der Waals surface area contributed by atoms with Crippen molar-refractivity contribution >= 4 is 17.8 Å². The summed E-state index contributed by atoms with van der Waals surface area (Å²) in [7, 11) is 1.41. The summed E-state index contributed by atoms with van der Waals surface area (Å²) in [4.78, 5) is 39.8. The first-order chi connectivity index (χ1) is 16.3. The zero-order chi connectivity index (χ0) is 26.1. The molecule has 35 heavy (non-hydrogen) atoms. The second-order valence-corrected chi connectivity index (χ2v) is 9.06. The van der Waals surface area contributed by atoms with E-state index in [9.17, 15) is 37.8 Å². The number of nitrogens with zero attached hydrogens (tertiary/aromatic N) is 1. The fourth-order valence-electron chi connectivity index (χ4n) is 4.85. The minimum absolute atomic E-state index is 0.0427. The molecule has 1 aliphatic rings. The number of rotatable bonds is 7. The number of benzene rings is 2. The van der Waals surface area contributed by atoms with E-state index in [0.717, 1.165) is 29.2 Å². The van der Waals surface area contributed by atoms with Crippen LogP contribution in [0.15, 0.2) is 48.5 Å². The zero-order valence-corrected chi connectivity index (χ0v) is 19.4. The SMILES string of the molecule is COc1cccc(C2C(C(=O)O)CC(CC(C)C)(C(=O)O)N2C(=O)c2ccc(C(F)(F)F)cc2)c1.